The van der Waals surface area contributed by atoms with E-state index in [1.807, 2.05) is 11.4 Å². The highest BCUT2D eigenvalue weighted by atomic mass is 79.9. The maximum atomic E-state index is 10.9. The van der Waals surface area contributed by atoms with Crippen molar-refractivity contribution in [1.29, 1.82) is 0 Å². The van der Waals surface area contributed by atoms with Gasteiger partial charge in [0.2, 0.25) is 0 Å². The highest BCUT2D eigenvalue weighted by Gasteiger charge is 2.18. The minimum atomic E-state index is -0.370. The van der Waals surface area contributed by atoms with Gasteiger partial charge in [-0.05, 0) is 33.8 Å². The number of nitro groups is 1. The summed E-state index contributed by atoms with van der Waals surface area (Å²) in [6, 6.07) is 8.40. The van der Waals surface area contributed by atoms with E-state index in [1.54, 1.807) is 29.5 Å². The van der Waals surface area contributed by atoms with E-state index < -0.39 is 0 Å². The highest BCUT2D eigenvalue weighted by molar-refractivity contribution is 9.10. The normalized spacial score (nSPS) is 12.3. The third kappa shape index (κ3) is 2.77. The second-order valence-corrected chi connectivity index (χ2v) is 5.63. The molecule has 4 nitrogen and oxygen atoms in total. The first-order valence-corrected chi connectivity index (χ1v) is 6.97. The van der Waals surface area contributed by atoms with Gasteiger partial charge in [0.05, 0.1) is 4.92 Å². The smallest absolute Gasteiger partial charge is 0.272 e. The minimum absolute atomic E-state index is 0.126. The Kier molecular flexibility index (Phi) is 4.11. The molecule has 0 aliphatic heterocycles. The molecular formula is C12H11BrN2O2S. The summed E-state index contributed by atoms with van der Waals surface area (Å²) < 4.78 is 0.957. The van der Waals surface area contributed by atoms with Crippen molar-refractivity contribution in [2.45, 2.75) is 12.5 Å². The second-order valence-electron chi connectivity index (χ2n) is 3.83. The van der Waals surface area contributed by atoms with Crippen LogP contribution in [0.5, 0.6) is 0 Å². The van der Waals surface area contributed by atoms with Crippen LogP contribution in [0.4, 0.5) is 5.69 Å². The van der Waals surface area contributed by atoms with Crippen molar-refractivity contribution < 1.29 is 4.92 Å². The predicted octanol–water partition coefficient (Wildman–Crippen LogP) is 3.66. The van der Waals surface area contributed by atoms with E-state index in [-0.39, 0.29) is 16.7 Å². The number of benzene rings is 1. The average Bonchev–Trinajstić information content (AvgIpc) is 2.76. The van der Waals surface area contributed by atoms with Crippen LogP contribution in [-0.2, 0) is 6.42 Å². The zero-order chi connectivity index (χ0) is 13.1. The number of para-hydroxylation sites is 1. The Morgan fingerprint density at radius 2 is 2.11 bits per heavy atom. The van der Waals surface area contributed by atoms with Crippen molar-refractivity contribution in [3.63, 3.8) is 0 Å². The van der Waals surface area contributed by atoms with Crippen LogP contribution < -0.4 is 5.73 Å². The first-order valence-electron chi connectivity index (χ1n) is 5.30. The fourth-order valence-electron chi connectivity index (χ4n) is 1.76. The molecule has 2 N–H and O–H groups in total. The molecule has 0 radical (unpaired) electrons. The molecule has 1 atom stereocenters. The quantitative estimate of drug-likeness (QED) is 0.688. The predicted molar refractivity (Wildman–Crippen MR) is 75.7 cm³/mol. The molecule has 0 fully saturated rings. The number of rotatable bonds is 4. The van der Waals surface area contributed by atoms with Gasteiger partial charge in [-0.3, -0.25) is 10.1 Å². The molecule has 1 aromatic carbocycles. The van der Waals surface area contributed by atoms with Gasteiger partial charge in [-0.1, -0.05) is 18.2 Å². The summed E-state index contributed by atoms with van der Waals surface area (Å²) >= 11 is 4.97. The van der Waals surface area contributed by atoms with Gasteiger partial charge in [-0.15, -0.1) is 11.3 Å². The fraction of sp³-hybridized carbons (Fsp3) is 0.167. The molecule has 6 heteroatoms. The lowest BCUT2D eigenvalue weighted by molar-refractivity contribution is -0.385. The van der Waals surface area contributed by atoms with Gasteiger partial charge in [0.25, 0.3) is 5.69 Å². The number of halogens is 1. The maximum absolute atomic E-state index is 10.9. The molecule has 0 aliphatic rings. The zero-order valence-electron chi connectivity index (χ0n) is 9.38. The third-order valence-electron chi connectivity index (χ3n) is 2.61. The van der Waals surface area contributed by atoms with Crippen molar-refractivity contribution >= 4 is 33.0 Å². The molecule has 2 rings (SSSR count). The molecule has 0 aliphatic carbocycles. The van der Waals surface area contributed by atoms with E-state index >= 15 is 0 Å². The number of hydrogen-bond acceptors (Lipinski definition) is 4. The monoisotopic (exact) mass is 326 g/mol. The third-order valence-corrected chi connectivity index (χ3v) is 4.61. The van der Waals surface area contributed by atoms with Crippen LogP contribution in [0, 0.1) is 10.1 Å². The van der Waals surface area contributed by atoms with Gasteiger partial charge in [0.1, 0.15) is 0 Å². The number of nitro benzene ring substituents is 1. The standard InChI is InChI=1S/C12H11BrN2O2S/c13-9-5-6-18-12(9)10(14)7-8-3-1-2-4-11(8)15(16)17/h1-6,10H,7,14H2. The molecule has 1 aromatic heterocycles. The van der Waals surface area contributed by atoms with E-state index in [0.29, 0.717) is 12.0 Å². The lowest BCUT2D eigenvalue weighted by Crippen LogP contribution is -2.13. The number of thiophene rings is 1. The fourth-order valence-corrected chi connectivity index (χ4v) is 3.43. The van der Waals surface area contributed by atoms with Gasteiger partial charge in [0.15, 0.2) is 0 Å². The average molecular weight is 327 g/mol. The topological polar surface area (TPSA) is 69.2 Å². The molecule has 0 spiro atoms. The first-order chi connectivity index (χ1) is 8.59. The Morgan fingerprint density at radius 3 is 2.72 bits per heavy atom. The zero-order valence-corrected chi connectivity index (χ0v) is 11.8. The van der Waals surface area contributed by atoms with Crippen LogP contribution >= 0.6 is 27.3 Å². The summed E-state index contributed by atoms with van der Waals surface area (Å²) in [4.78, 5) is 11.6. The Balaban J connectivity index is 2.25. The summed E-state index contributed by atoms with van der Waals surface area (Å²) in [6.45, 7) is 0. The van der Waals surface area contributed by atoms with Gasteiger partial charge in [-0.2, -0.15) is 0 Å². The van der Waals surface area contributed by atoms with Crippen LogP contribution in [0.15, 0.2) is 40.2 Å². The van der Waals surface area contributed by atoms with Crippen LogP contribution in [-0.4, -0.2) is 4.92 Å². The second kappa shape index (κ2) is 5.60. The molecule has 18 heavy (non-hydrogen) atoms. The first kappa shape index (κ1) is 13.2. The van der Waals surface area contributed by atoms with Gasteiger partial charge in [0, 0.05) is 27.0 Å². The largest absolute Gasteiger partial charge is 0.323 e. The molecule has 1 heterocycles. The summed E-state index contributed by atoms with van der Waals surface area (Å²) in [5.41, 5.74) is 6.89. The Bertz CT molecular complexity index is 571. The van der Waals surface area contributed by atoms with Crippen LogP contribution in [0.25, 0.3) is 0 Å². The summed E-state index contributed by atoms with van der Waals surface area (Å²) in [5, 5.41) is 12.9. The minimum Gasteiger partial charge on any atom is -0.323 e. The molecule has 0 bridgehead atoms. The molecule has 1 unspecified atom stereocenters. The van der Waals surface area contributed by atoms with Gasteiger partial charge < -0.3 is 5.73 Å². The molecule has 0 amide bonds. The lowest BCUT2D eigenvalue weighted by Gasteiger charge is -2.10. The van der Waals surface area contributed by atoms with Crippen LogP contribution in [0.2, 0.25) is 0 Å². The van der Waals surface area contributed by atoms with E-state index in [1.165, 1.54) is 6.07 Å². The molecule has 0 saturated heterocycles. The van der Waals surface area contributed by atoms with Gasteiger partial charge >= 0.3 is 0 Å². The van der Waals surface area contributed by atoms with Crippen molar-refractivity contribution in [2.24, 2.45) is 5.73 Å². The van der Waals surface area contributed by atoms with E-state index in [4.69, 9.17) is 5.73 Å². The Hall–Kier alpha value is -1.24. The highest BCUT2D eigenvalue weighted by Crippen LogP contribution is 2.31. The molecule has 94 valence electrons. The molecule has 2 aromatic rings. The number of hydrogen-bond donors (Lipinski definition) is 1. The summed E-state index contributed by atoms with van der Waals surface area (Å²) in [6.07, 6.45) is 0.455. The number of nitrogens with two attached hydrogens (primary N) is 1. The van der Waals surface area contributed by atoms with E-state index in [9.17, 15) is 10.1 Å². The van der Waals surface area contributed by atoms with Crippen LogP contribution in [0.3, 0.4) is 0 Å². The molecular weight excluding hydrogens is 316 g/mol. The summed E-state index contributed by atoms with van der Waals surface area (Å²) in [7, 11) is 0. The Morgan fingerprint density at radius 1 is 1.39 bits per heavy atom. The van der Waals surface area contributed by atoms with E-state index in [2.05, 4.69) is 15.9 Å². The SMILES string of the molecule is NC(Cc1ccccc1[N+](=O)[O-])c1sccc1Br. The van der Waals surface area contributed by atoms with Crippen molar-refractivity contribution in [3.8, 4) is 0 Å². The van der Waals surface area contributed by atoms with Crippen molar-refractivity contribution in [1.82, 2.24) is 0 Å². The van der Waals surface area contributed by atoms with Crippen molar-refractivity contribution in [2.75, 3.05) is 0 Å². The maximum Gasteiger partial charge on any atom is 0.272 e. The van der Waals surface area contributed by atoms with Gasteiger partial charge in [-0.25, -0.2) is 0 Å². The van der Waals surface area contributed by atoms with E-state index in [0.717, 1.165) is 9.35 Å². The van der Waals surface area contributed by atoms with Crippen molar-refractivity contribution in [3.05, 3.63) is 60.7 Å². The molecule has 0 saturated carbocycles. The summed E-state index contributed by atoms with van der Waals surface area (Å²) in [5.74, 6) is 0. The Labute approximate surface area is 117 Å². The lowest BCUT2D eigenvalue weighted by atomic mass is 10.0. The van der Waals surface area contributed by atoms with Crippen LogP contribution in [0.1, 0.15) is 16.5 Å². The number of nitrogens with zero attached hydrogens (tertiary/aromatic N) is 1.